The average Bonchev–Trinajstić information content (AvgIpc) is 3.17. The van der Waals surface area contributed by atoms with Gasteiger partial charge >= 0.3 is 0 Å². The monoisotopic (exact) mass is 279 g/mol. The second-order valence-corrected chi connectivity index (χ2v) is 5.94. The molecule has 0 radical (unpaired) electrons. The van der Waals surface area contributed by atoms with Crippen molar-refractivity contribution in [1.82, 2.24) is 15.5 Å². The summed E-state index contributed by atoms with van der Waals surface area (Å²) in [5.74, 6) is 1.21. The lowest BCUT2D eigenvalue weighted by Gasteiger charge is -2.27. The van der Waals surface area contributed by atoms with E-state index in [4.69, 9.17) is 4.52 Å². The first-order valence-electron chi connectivity index (χ1n) is 6.54. The van der Waals surface area contributed by atoms with E-state index in [1.807, 2.05) is 17.5 Å². The largest absolute Gasteiger partial charge is 0.394 e. The molecule has 2 aromatic heterocycles. The lowest BCUT2D eigenvalue weighted by Crippen LogP contribution is -2.45. The van der Waals surface area contributed by atoms with Crippen molar-refractivity contribution in [3.63, 3.8) is 0 Å². The van der Waals surface area contributed by atoms with Gasteiger partial charge in [-0.3, -0.25) is 0 Å². The molecule has 3 rings (SSSR count). The van der Waals surface area contributed by atoms with Crippen LogP contribution in [0.25, 0.3) is 10.7 Å². The van der Waals surface area contributed by atoms with Crippen LogP contribution in [0, 0.1) is 0 Å². The summed E-state index contributed by atoms with van der Waals surface area (Å²) >= 11 is 1.59. The Balaban J connectivity index is 1.64. The summed E-state index contributed by atoms with van der Waals surface area (Å²) in [6.07, 6.45) is 4.35. The highest BCUT2D eigenvalue weighted by molar-refractivity contribution is 7.13. The van der Waals surface area contributed by atoms with Gasteiger partial charge in [0.25, 0.3) is 0 Å². The van der Waals surface area contributed by atoms with E-state index in [0.717, 1.165) is 30.6 Å². The third kappa shape index (κ3) is 2.70. The predicted molar refractivity (Wildman–Crippen MR) is 72.7 cm³/mol. The normalized spacial score (nSPS) is 17.9. The van der Waals surface area contributed by atoms with Crippen molar-refractivity contribution in [1.29, 1.82) is 0 Å². The predicted octanol–water partition coefficient (Wildman–Crippen LogP) is 2.19. The van der Waals surface area contributed by atoms with Crippen LogP contribution in [0.3, 0.4) is 0 Å². The van der Waals surface area contributed by atoms with E-state index in [1.165, 1.54) is 0 Å². The highest BCUT2D eigenvalue weighted by Gasteiger charge is 2.32. The Hall–Kier alpha value is -1.24. The maximum absolute atomic E-state index is 9.52. The number of aliphatic hydroxyl groups excluding tert-OH is 1. The molecule has 6 heteroatoms. The number of thiophene rings is 1. The molecule has 19 heavy (non-hydrogen) atoms. The van der Waals surface area contributed by atoms with Gasteiger partial charge in [-0.15, -0.1) is 11.3 Å². The van der Waals surface area contributed by atoms with Crippen molar-refractivity contribution in [3.05, 3.63) is 23.4 Å². The van der Waals surface area contributed by atoms with Crippen molar-refractivity contribution < 1.29 is 9.63 Å². The first-order chi connectivity index (χ1) is 9.31. The fourth-order valence-corrected chi connectivity index (χ4v) is 3.19. The first-order valence-corrected chi connectivity index (χ1v) is 7.42. The summed E-state index contributed by atoms with van der Waals surface area (Å²) in [7, 11) is 0. The van der Waals surface area contributed by atoms with Crippen LogP contribution in [0.2, 0.25) is 0 Å². The summed E-state index contributed by atoms with van der Waals surface area (Å²) in [4.78, 5) is 5.37. The summed E-state index contributed by atoms with van der Waals surface area (Å²) in [6.45, 7) is 0.678. The van der Waals surface area contributed by atoms with Crippen molar-refractivity contribution in [3.8, 4) is 10.7 Å². The summed E-state index contributed by atoms with van der Waals surface area (Å²) in [5, 5.41) is 18.9. The van der Waals surface area contributed by atoms with E-state index in [1.54, 1.807) is 11.3 Å². The van der Waals surface area contributed by atoms with Crippen LogP contribution in [0.5, 0.6) is 0 Å². The zero-order valence-corrected chi connectivity index (χ0v) is 11.4. The fraction of sp³-hybridized carbons (Fsp3) is 0.538. The van der Waals surface area contributed by atoms with Gasteiger partial charge < -0.3 is 14.9 Å². The van der Waals surface area contributed by atoms with E-state index in [0.29, 0.717) is 18.3 Å². The van der Waals surface area contributed by atoms with Gasteiger partial charge in [-0.05, 0) is 24.3 Å². The maximum atomic E-state index is 9.52. The second-order valence-electron chi connectivity index (χ2n) is 4.99. The minimum Gasteiger partial charge on any atom is -0.394 e. The van der Waals surface area contributed by atoms with Gasteiger partial charge in [0.15, 0.2) is 0 Å². The zero-order chi connectivity index (χ0) is 13.1. The average molecular weight is 279 g/mol. The topological polar surface area (TPSA) is 71.2 Å². The van der Waals surface area contributed by atoms with Gasteiger partial charge in [-0.25, -0.2) is 0 Å². The van der Waals surface area contributed by atoms with E-state index in [-0.39, 0.29) is 12.1 Å². The number of nitrogens with zero attached hydrogens (tertiary/aromatic N) is 2. The van der Waals surface area contributed by atoms with Crippen LogP contribution >= 0.6 is 11.3 Å². The molecule has 0 unspecified atom stereocenters. The Bertz CT molecular complexity index is 518. The van der Waals surface area contributed by atoms with Crippen LogP contribution in [-0.2, 0) is 6.54 Å². The molecule has 2 heterocycles. The molecule has 2 aromatic rings. The number of hydrogen-bond acceptors (Lipinski definition) is 6. The minimum atomic E-state index is -0.155. The first kappa shape index (κ1) is 12.8. The lowest BCUT2D eigenvalue weighted by molar-refractivity contribution is 0.158. The molecule has 0 aromatic carbocycles. The van der Waals surface area contributed by atoms with Gasteiger partial charge in [0, 0.05) is 5.54 Å². The molecule has 0 bridgehead atoms. The van der Waals surface area contributed by atoms with E-state index in [9.17, 15) is 5.11 Å². The molecule has 0 spiro atoms. The molecular weight excluding hydrogens is 262 g/mol. The Morgan fingerprint density at radius 2 is 2.26 bits per heavy atom. The molecule has 0 saturated heterocycles. The maximum Gasteiger partial charge on any atom is 0.240 e. The number of aromatic nitrogens is 2. The van der Waals surface area contributed by atoms with E-state index >= 15 is 0 Å². The molecule has 1 aliphatic rings. The SMILES string of the molecule is OCC1(NCc2nc(-c3cccs3)no2)CCCC1. The summed E-state index contributed by atoms with van der Waals surface area (Å²) in [6, 6.07) is 3.94. The van der Waals surface area contributed by atoms with Crippen LogP contribution < -0.4 is 5.32 Å². The third-order valence-electron chi connectivity index (χ3n) is 3.69. The van der Waals surface area contributed by atoms with Crippen LogP contribution in [0.1, 0.15) is 31.6 Å². The van der Waals surface area contributed by atoms with Crippen molar-refractivity contribution in [2.45, 2.75) is 37.8 Å². The van der Waals surface area contributed by atoms with Crippen LogP contribution in [0.4, 0.5) is 0 Å². The minimum absolute atomic E-state index is 0.155. The van der Waals surface area contributed by atoms with Crippen molar-refractivity contribution >= 4 is 11.3 Å². The highest BCUT2D eigenvalue weighted by atomic mass is 32.1. The molecule has 5 nitrogen and oxygen atoms in total. The lowest BCUT2D eigenvalue weighted by atomic mass is 9.99. The number of hydrogen-bond donors (Lipinski definition) is 2. The third-order valence-corrected chi connectivity index (χ3v) is 4.55. The Labute approximate surface area is 115 Å². The molecule has 2 N–H and O–H groups in total. The molecule has 1 aliphatic carbocycles. The van der Waals surface area contributed by atoms with E-state index in [2.05, 4.69) is 15.5 Å². The number of nitrogens with one attached hydrogen (secondary N) is 1. The Morgan fingerprint density at radius 1 is 1.42 bits per heavy atom. The standard InChI is InChI=1S/C13H17N3O2S/c17-9-13(5-1-2-6-13)14-8-11-15-12(16-18-11)10-4-3-7-19-10/h3-4,7,14,17H,1-2,5-6,8-9H2. The molecule has 0 aliphatic heterocycles. The van der Waals surface area contributed by atoms with Crippen LogP contribution in [0.15, 0.2) is 22.0 Å². The molecular formula is C13H17N3O2S. The van der Waals surface area contributed by atoms with Gasteiger partial charge in [-0.1, -0.05) is 24.1 Å². The van der Waals surface area contributed by atoms with E-state index < -0.39 is 0 Å². The van der Waals surface area contributed by atoms with Gasteiger partial charge in [-0.2, -0.15) is 4.98 Å². The number of rotatable bonds is 5. The summed E-state index contributed by atoms with van der Waals surface area (Å²) in [5.41, 5.74) is -0.155. The Morgan fingerprint density at radius 3 is 2.95 bits per heavy atom. The molecule has 0 amide bonds. The number of aliphatic hydroxyl groups is 1. The highest BCUT2D eigenvalue weighted by Crippen LogP contribution is 2.29. The van der Waals surface area contributed by atoms with Gasteiger partial charge in [0.05, 0.1) is 18.0 Å². The fourth-order valence-electron chi connectivity index (χ4n) is 2.54. The smallest absolute Gasteiger partial charge is 0.240 e. The van der Waals surface area contributed by atoms with Gasteiger partial charge in [0.2, 0.25) is 11.7 Å². The molecule has 1 saturated carbocycles. The van der Waals surface area contributed by atoms with Crippen molar-refractivity contribution in [2.75, 3.05) is 6.61 Å². The molecule has 1 fully saturated rings. The summed E-state index contributed by atoms with van der Waals surface area (Å²) < 4.78 is 5.24. The quantitative estimate of drug-likeness (QED) is 0.878. The second kappa shape index (κ2) is 5.40. The molecule has 0 atom stereocenters. The Kier molecular flexibility index (Phi) is 3.63. The van der Waals surface area contributed by atoms with Crippen LogP contribution in [-0.4, -0.2) is 27.4 Å². The molecule has 102 valence electrons. The zero-order valence-electron chi connectivity index (χ0n) is 10.6. The van der Waals surface area contributed by atoms with Gasteiger partial charge in [0.1, 0.15) is 0 Å². The van der Waals surface area contributed by atoms with Crippen molar-refractivity contribution in [2.24, 2.45) is 0 Å².